The monoisotopic (exact) mass is 322 g/mol. The Morgan fingerprint density at radius 3 is 2.76 bits per heavy atom. The Labute approximate surface area is 132 Å². The van der Waals surface area contributed by atoms with E-state index in [4.69, 9.17) is 5.73 Å². The van der Waals surface area contributed by atoms with Crippen LogP contribution in [0.2, 0.25) is 0 Å². The van der Waals surface area contributed by atoms with Crippen LogP contribution < -0.4 is 5.73 Å². The van der Waals surface area contributed by atoms with E-state index in [-0.39, 0.29) is 11.2 Å². The summed E-state index contributed by atoms with van der Waals surface area (Å²) in [7, 11) is 1.82. The van der Waals surface area contributed by atoms with Gasteiger partial charge in [-0.25, -0.2) is 0 Å². The Hall–Kier alpha value is -1.60. The quantitative estimate of drug-likeness (QED) is 0.857. The smallest absolute Gasteiger partial charge is 0.235 e. The molecule has 112 valence electrons. The van der Waals surface area contributed by atoms with Gasteiger partial charge in [0.2, 0.25) is 11.0 Å². The number of nitrogen functional groups attached to an aromatic ring is 1. The maximum Gasteiger partial charge on any atom is 0.235 e. The van der Waals surface area contributed by atoms with E-state index in [2.05, 4.69) is 23.2 Å². The van der Waals surface area contributed by atoms with Gasteiger partial charge in [-0.3, -0.25) is 4.79 Å². The number of amides is 1. The SMILES string of the molecule is Cc1ccccc1CN(C)C(=O)[C@H](C)Sc1nnc(N)s1. The third kappa shape index (κ3) is 4.18. The van der Waals surface area contributed by atoms with Gasteiger partial charge in [-0.2, -0.15) is 0 Å². The molecule has 1 atom stereocenters. The number of hydrogen-bond acceptors (Lipinski definition) is 6. The molecular formula is C14H18N4OS2. The highest BCUT2D eigenvalue weighted by molar-refractivity contribution is 8.02. The number of carbonyl (C=O) groups excluding carboxylic acids is 1. The summed E-state index contributed by atoms with van der Waals surface area (Å²) in [6.07, 6.45) is 0. The molecule has 1 aromatic carbocycles. The first-order chi connectivity index (χ1) is 9.97. The molecule has 1 aromatic heterocycles. The largest absolute Gasteiger partial charge is 0.374 e. The summed E-state index contributed by atoms with van der Waals surface area (Å²) < 4.78 is 0.720. The normalized spacial score (nSPS) is 12.1. The lowest BCUT2D eigenvalue weighted by atomic mass is 10.1. The number of thioether (sulfide) groups is 1. The fourth-order valence-corrected chi connectivity index (χ4v) is 3.80. The summed E-state index contributed by atoms with van der Waals surface area (Å²) in [4.78, 5) is 14.1. The third-order valence-electron chi connectivity index (χ3n) is 3.09. The molecule has 1 amide bonds. The number of anilines is 1. The van der Waals surface area contributed by atoms with Gasteiger partial charge in [-0.05, 0) is 25.0 Å². The second-order valence-corrected chi connectivity index (χ2v) is 7.38. The van der Waals surface area contributed by atoms with Gasteiger partial charge < -0.3 is 10.6 Å². The fraction of sp³-hybridized carbons (Fsp3) is 0.357. The van der Waals surface area contributed by atoms with Gasteiger partial charge in [-0.1, -0.05) is 47.4 Å². The van der Waals surface area contributed by atoms with Crippen molar-refractivity contribution in [2.45, 2.75) is 30.0 Å². The van der Waals surface area contributed by atoms with Gasteiger partial charge >= 0.3 is 0 Å². The Morgan fingerprint density at radius 2 is 2.14 bits per heavy atom. The first-order valence-electron chi connectivity index (χ1n) is 6.52. The first-order valence-corrected chi connectivity index (χ1v) is 8.22. The Bertz CT molecular complexity index is 629. The second-order valence-electron chi connectivity index (χ2n) is 4.79. The Kier molecular flexibility index (Phi) is 5.19. The summed E-state index contributed by atoms with van der Waals surface area (Å²) in [6, 6.07) is 8.08. The summed E-state index contributed by atoms with van der Waals surface area (Å²) in [5, 5.41) is 7.89. The minimum absolute atomic E-state index is 0.0667. The molecule has 2 rings (SSSR count). The zero-order valence-corrected chi connectivity index (χ0v) is 13.9. The summed E-state index contributed by atoms with van der Waals surface area (Å²) >= 11 is 2.69. The highest BCUT2D eigenvalue weighted by Gasteiger charge is 2.20. The molecule has 0 radical (unpaired) electrons. The second kappa shape index (κ2) is 6.91. The van der Waals surface area contributed by atoms with Crippen molar-refractivity contribution < 1.29 is 4.79 Å². The number of benzene rings is 1. The molecule has 0 aliphatic rings. The van der Waals surface area contributed by atoms with Crippen LogP contribution >= 0.6 is 23.1 Å². The van der Waals surface area contributed by atoms with Crippen molar-refractivity contribution in [3.63, 3.8) is 0 Å². The first kappa shape index (κ1) is 15.8. The molecule has 21 heavy (non-hydrogen) atoms. The molecule has 2 N–H and O–H groups in total. The Morgan fingerprint density at radius 1 is 1.43 bits per heavy atom. The van der Waals surface area contributed by atoms with E-state index in [1.807, 2.05) is 32.2 Å². The lowest BCUT2D eigenvalue weighted by Gasteiger charge is -2.21. The molecule has 1 heterocycles. The molecular weight excluding hydrogens is 304 g/mol. The lowest BCUT2D eigenvalue weighted by molar-refractivity contribution is -0.129. The molecule has 0 spiro atoms. The molecule has 0 aliphatic carbocycles. The molecule has 0 aliphatic heterocycles. The number of aromatic nitrogens is 2. The van der Waals surface area contributed by atoms with Crippen molar-refractivity contribution in [2.24, 2.45) is 0 Å². The topological polar surface area (TPSA) is 72.1 Å². The highest BCUT2D eigenvalue weighted by atomic mass is 32.2. The zero-order chi connectivity index (χ0) is 15.4. The van der Waals surface area contributed by atoms with E-state index in [1.165, 1.54) is 28.7 Å². The van der Waals surface area contributed by atoms with Crippen molar-refractivity contribution in [3.8, 4) is 0 Å². The van der Waals surface area contributed by atoms with Crippen molar-refractivity contribution in [2.75, 3.05) is 12.8 Å². The van der Waals surface area contributed by atoms with Gasteiger partial charge in [0.1, 0.15) is 0 Å². The van der Waals surface area contributed by atoms with Crippen LogP contribution in [0.1, 0.15) is 18.1 Å². The minimum atomic E-state index is -0.216. The molecule has 5 nitrogen and oxygen atoms in total. The van der Waals surface area contributed by atoms with Crippen LogP contribution in [0.15, 0.2) is 28.6 Å². The van der Waals surface area contributed by atoms with Crippen LogP contribution in [0.5, 0.6) is 0 Å². The molecule has 0 saturated carbocycles. The minimum Gasteiger partial charge on any atom is -0.374 e. The van der Waals surface area contributed by atoms with Gasteiger partial charge in [0, 0.05) is 13.6 Å². The van der Waals surface area contributed by atoms with Crippen LogP contribution in [-0.2, 0) is 11.3 Å². The van der Waals surface area contributed by atoms with Gasteiger partial charge in [-0.15, -0.1) is 10.2 Å². The zero-order valence-electron chi connectivity index (χ0n) is 12.2. The molecule has 0 fully saturated rings. The molecule has 7 heteroatoms. The number of rotatable bonds is 5. The van der Waals surface area contributed by atoms with Crippen molar-refractivity contribution in [1.82, 2.24) is 15.1 Å². The molecule has 2 aromatic rings. The average molecular weight is 322 g/mol. The van der Waals surface area contributed by atoms with Crippen LogP contribution in [-0.4, -0.2) is 33.3 Å². The highest BCUT2D eigenvalue weighted by Crippen LogP contribution is 2.28. The van der Waals surface area contributed by atoms with Crippen LogP contribution in [0.3, 0.4) is 0 Å². The van der Waals surface area contributed by atoms with Crippen molar-refractivity contribution in [1.29, 1.82) is 0 Å². The van der Waals surface area contributed by atoms with Crippen molar-refractivity contribution in [3.05, 3.63) is 35.4 Å². The fourth-order valence-electron chi connectivity index (χ4n) is 1.90. The Balaban J connectivity index is 1.97. The van der Waals surface area contributed by atoms with Crippen LogP contribution in [0.25, 0.3) is 0 Å². The molecule has 0 bridgehead atoms. The van der Waals surface area contributed by atoms with E-state index < -0.39 is 0 Å². The standard InChI is InChI=1S/C14H18N4OS2/c1-9-6-4-5-7-11(9)8-18(3)12(19)10(2)20-14-17-16-13(15)21-14/h4-7,10H,8H2,1-3H3,(H2,15,16)/t10-/m0/s1. The van der Waals surface area contributed by atoms with E-state index >= 15 is 0 Å². The van der Waals surface area contributed by atoms with E-state index in [9.17, 15) is 4.79 Å². The van der Waals surface area contributed by atoms with E-state index in [0.717, 1.165) is 9.90 Å². The number of carbonyl (C=O) groups is 1. The van der Waals surface area contributed by atoms with Gasteiger partial charge in [0.25, 0.3) is 0 Å². The predicted molar refractivity (Wildman–Crippen MR) is 87.3 cm³/mol. The molecule has 0 saturated heterocycles. The number of hydrogen-bond donors (Lipinski definition) is 1. The van der Waals surface area contributed by atoms with Gasteiger partial charge in [0.15, 0.2) is 4.34 Å². The predicted octanol–water partition coefficient (Wildman–Crippen LogP) is 2.57. The maximum absolute atomic E-state index is 12.4. The number of nitrogens with two attached hydrogens (primary N) is 1. The average Bonchev–Trinajstić information content (AvgIpc) is 2.85. The number of nitrogens with zero attached hydrogens (tertiary/aromatic N) is 3. The van der Waals surface area contributed by atoms with Gasteiger partial charge in [0.05, 0.1) is 5.25 Å². The number of aryl methyl sites for hydroxylation is 1. The van der Waals surface area contributed by atoms with E-state index in [1.54, 1.807) is 4.90 Å². The van der Waals surface area contributed by atoms with Crippen LogP contribution in [0.4, 0.5) is 5.13 Å². The van der Waals surface area contributed by atoms with Crippen LogP contribution in [0, 0.1) is 6.92 Å². The summed E-state index contributed by atoms with van der Waals surface area (Å²) in [5.41, 5.74) is 7.89. The molecule has 0 unspecified atom stereocenters. The third-order valence-corrected chi connectivity index (χ3v) is 5.02. The van der Waals surface area contributed by atoms with Crippen molar-refractivity contribution >= 4 is 34.1 Å². The maximum atomic E-state index is 12.4. The summed E-state index contributed by atoms with van der Waals surface area (Å²) in [6.45, 7) is 4.53. The summed E-state index contributed by atoms with van der Waals surface area (Å²) in [5.74, 6) is 0.0667. The lowest BCUT2D eigenvalue weighted by Crippen LogP contribution is -2.32. The van der Waals surface area contributed by atoms with E-state index in [0.29, 0.717) is 11.7 Å².